The molecular formula is C14H21NO2. The predicted molar refractivity (Wildman–Crippen MR) is 67.7 cm³/mol. The van der Waals surface area contributed by atoms with E-state index in [2.05, 4.69) is 17.0 Å². The monoisotopic (exact) mass is 235 g/mol. The lowest BCUT2D eigenvalue weighted by atomic mass is 10.0. The molecule has 0 radical (unpaired) electrons. The van der Waals surface area contributed by atoms with Crippen molar-refractivity contribution in [2.45, 2.75) is 13.0 Å². The van der Waals surface area contributed by atoms with Crippen LogP contribution in [0.3, 0.4) is 0 Å². The molecule has 2 rings (SSSR count). The highest BCUT2D eigenvalue weighted by Crippen LogP contribution is 2.14. The van der Waals surface area contributed by atoms with E-state index in [-0.39, 0.29) is 0 Å². The summed E-state index contributed by atoms with van der Waals surface area (Å²) in [5.41, 5.74) is 1.23. The molecule has 3 nitrogen and oxygen atoms in total. The highest BCUT2D eigenvalue weighted by Gasteiger charge is 2.24. The van der Waals surface area contributed by atoms with Gasteiger partial charge in [0.1, 0.15) is 0 Å². The van der Waals surface area contributed by atoms with Crippen LogP contribution in [0.25, 0.3) is 0 Å². The van der Waals surface area contributed by atoms with Crippen molar-refractivity contribution >= 4 is 0 Å². The van der Waals surface area contributed by atoms with Gasteiger partial charge in [0, 0.05) is 38.8 Å². The number of nitrogens with zero attached hydrogens (tertiary/aromatic N) is 1. The predicted octanol–water partition coefficient (Wildman–Crippen LogP) is 1.52. The maximum Gasteiger partial charge on any atom is 0.0716 e. The molecule has 0 amide bonds. The Morgan fingerprint density at radius 2 is 2.00 bits per heavy atom. The Kier molecular flexibility index (Phi) is 4.98. The zero-order valence-electron chi connectivity index (χ0n) is 10.2. The first-order valence-corrected chi connectivity index (χ1v) is 6.33. The van der Waals surface area contributed by atoms with Crippen molar-refractivity contribution in [1.29, 1.82) is 0 Å². The highest BCUT2D eigenvalue weighted by atomic mass is 16.5. The normalized spacial score (nSPS) is 17.0. The van der Waals surface area contributed by atoms with E-state index in [0.717, 1.165) is 32.7 Å². The lowest BCUT2D eigenvalue weighted by molar-refractivity contribution is 0.0409. The molecule has 1 fully saturated rings. The van der Waals surface area contributed by atoms with Gasteiger partial charge in [-0.2, -0.15) is 0 Å². The van der Waals surface area contributed by atoms with Gasteiger partial charge in [0.05, 0.1) is 6.61 Å². The number of rotatable bonds is 7. The first-order valence-electron chi connectivity index (χ1n) is 6.33. The molecule has 0 saturated carbocycles. The molecule has 0 aromatic heterocycles. The van der Waals surface area contributed by atoms with Crippen LogP contribution in [0, 0.1) is 5.92 Å². The zero-order valence-corrected chi connectivity index (χ0v) is 10.2. The van der Waals surface area contributed by atoms with Gasteiger partial charge in [-0.25, -0.2) is 0 Å². The van der Waals surface area contributed by atoms with Gasteiger partial charge >= 0.3 is 0 Å². The van der Waals surface area contributed by atoms with E-state index in [1.807, 2.05) is 18.2 Å². The van der Waals surface area contributed by atoms with Gasteiger partial charge in [-0.3, -0.25) is 0 Å². The Balaban J connectivity index is 1.47. The number of likely N-dealkylation sites (tertiary alicyclic amines) is 1. The van der Waals surface area contributed by atoms with E-state index >= 15 is 0 Å². The van der Waals surface area contributed by atoms with Crippen LogP contribution in [0.2, 0.25) is 0 Å². The largest absolute Gasteiger partial charge is 0.396 e. The maximum absolute atomic E-state index is 8.89. The molecule has 1 N–H and O–H groups in total. The average Bonchev–Trinajstić information content (AvgIpc) is 2.32. The number of aliphatic hydroxyl groups is 1. The number of hydrogen-bond donors (Lipinski definition) is 1. The van der Waals surface area contributed by atoms with Gasteiger partial charge in [0.2, 0.25) is 0 Å². The number of ether oxygens (including phenoxy) is 1. The van der Waals surface area contributed by atoms with Crippen molar-refractivity contribution in [3.63, 3.8) is 0 Å². The molecule has 0 unspecified atom stereocenters. The lowest BCUT2D eigenvalue weighted by Crippen LogP contribution is -2.48. The van der Waals surface area contributed by atoms with Crippen molar-refractivity contribution in [1.82, 2.24) is 4.90 Å². The number of aliphatic hydroxyl groups excluding tert-OH is 1. The smallest absolute Gasteiger partial charge is 0.0716 e. The second kappa shape index (κ2) is 6.74. The zero-order chi connectivity index (χ0) is 11.9. The third kappa shape index (κ3) is 4.11. The fourth-order valence-electron chi connectivity index (χ4n) is 2.13. The summed E-state index contributed by atoms with van der Waals surface area (Å²) in [6, 6.07) is 10.3. The van der Waals surface area contributed by atoms with E-state index in [9.17, 15) is 0 Å². The molecule has 94 valence electrons. The van der Waals surface area contributed by atoms with Gasteiger partial charge in [-0.15, -0.1) is 0 Å². The van der Waals surface area contributed by atoms with Crippen LogP contribution in [0.1, 0.15) is 12.0 Å². The lowest BCUT2D eigenvalue weighted by Gasteiger charge is -2.38. The van der Waals surface area contributed by atoms with Gasteiger partial charge in [0.15, 0.2) is 0 Å². The molecule has 1 saturated heterocycles. The van der Waals surface area contributed by atoms with Crippen molar-refractivity contribution in [3.05, 3.63) is 35.9 Å². The second-order valence-electron chi connectivity index (χ2n) is 4.70. The van der Waals surface area contributed by atoms with E-state index in [4.69, 9.17) is 9.84 Å². The fraction of sp³-hybridized carbons (Fsp3) is 0.571. The summed E-state index contributed by atoms with van der Waals surface area (Å²) < 4.78 is 5.62. The van der Waals surface area contributed by atoms with Crippen molar-refractivity contribution in [2.75, 3.05) is 32.8 Å². The summed E-state index contributed by atoms with van der Waals surface area (Å²) in [6.45, 7) is 5.05. The van der Waals surface area contributed by atoms with Gasteiger partial charge in [0.25, 0.3) is 0 Å². The van der Waals surface area contributed by atoms with Gasteiger partial charge < -0.3 is 14.7 Å². The molecular weight excluding hydrogens is 214 g/mol. The Labute approximate surface area is 103 Å². The van der Waals surface area contributed by atoms with E-state index in [1.54, 1.807) is 0 Å². The standard InChI is InChI=1S/C14H21NO2/c16-11-14-9-15(10-14)7-4-8-17-12-13-5-2-1-3-6-13/h1-3,5-6,14,16H,4,7-12H2. The third-order valence-electron chi connectivity index (χ3n) is 3.17. The summed E-state index contributed by atoms with van der Waals surface area (Å²) in [5.74, 6) is 0.514. The molecule has 17 heavy (non-hydrogen) atoms. The van der Waals surface area contributed by atoms with Crippen molar-refractivity contribution in [2.24, 2.45) is 5.92 Å². The first kappa shape index (κ1) is 12.6. The maximum atomic E-state index is 8.89. The second-order valence-corrected chi connectivity index (χ2v) is 4.70. The van der Waals surface area contributed by atoms with Gasteiger partial charge in [-0.1, -0.05) is 30.3 Å². The molecule has 3 heteroatoms. The molecule has 1 aromatic carbocycles. The van der Waals surface area contributed by atoms with Crippen LogP contribution in [0.4, 0.5) is 0 Å². The molecule has 1 aliphatic heterocycles. The van der Waals surface area contributed by atoms with E-state index < -0.39 is 0 Å². The highest BCUT2D eigenvalue weighted by molar-refractivity contribution is 5.13. The van der Waals surface area contributed by atoms with Gasteiger partial charge in [-0.05, 0) is 12.0 Å². The Hall–Kier alpha value is -0.900. The van der Waals surface area contributed by atoms with Crippen molar-refractivity contribution < 1.29 is 9.84 Å². The summed E-state index contributed by atoms with van der Waals surface area (Å²) in [6.07, 6.45) is 1.07. The molecule has 1 aliphatic rings. The minimum Gasteiger partial charge on any atom is -0.396 e. The van der Waals surface area contributed by atoms with Crippen LogP contribution >= 0.6 is 0 Å². The molecule has 1 heterocycles. The Bertz CT molecular complexity index is 309. The van der Waals surface area contributed by atoms with Crippen LogP contribution in [0.5, 0.6) is 0 Å². The third-order valence-corrected chi connectivity index (χ3v) is 3.17. The van der Waals surface area contributed by atoms with Crippen LogP contribution < -0.4 is 0 Å². The number of hydrogen-bond acceptors (Lipinski definition) is 3. The molecule has 1 aromatic rings. The Morgan fingerprint density at radius 3 is 2.71 bits per heavy atom. The minimum absolute atomic E-state index is 0.334. The van der Waals surface area contributed by atoms with Crippen molar-refractivity contribution in [3.8, 4) is 0 Å². The van der Waals surface area contributed by atoms with Crippen LogP contribution in [-0.2, 0) is 11.3 Å². The molecule has 0 bridgehead atoms. The minimum atomic E-state index is 0.334. The fourth-order valence-corrected chi connectivity index (χ4v) is 2.13. The summed E-state index contributed by atoms with van der Waals surface area (Å²) in [7, 11) is 0. The van der Waals surface area contributed by atoms with E-state index in [0.29, 0.717) is 19.1 Å². The molecule has 0 spiro atoms. The first-order chi connectivity index (χ1) is 8.38. The molecule has 0 aliphatic carbocycles. The van der Waals surface area contributed by atoms with E-state index in [1.165, 1.54) is 5.56 Å². The summed E-state index contributed by atoms with van der Waals surface area (Å²) in [4.78, 5) is 2.37. The van der Waals surface area contributed by atoms with Crippen LogP contribution in [0.15, 0.2) is 30.3 Å². The summed E-state index contributed by atoms with van der Waals surface area (Å²) in [5, 5.41) is 8.89. The molecule has 0 atom stereocenters. The van der Waals surface area contributed by atoms with Crippen LogP contribution in [-0.4, -0.2) is 42.9 Å². The quantitative estimate of drug-likeness (QED) is 0.727. The average molecular weight is 235 g/mol. The SMILES string of the molecule is OCC1CN(CCCOCc2ccccc2)C1. The summed E-state index contributed by atoms with van der Waals surface area (Å²) >= 11 is 0. The number of benzene rings is 1. The Morgan fingerprint density at radius 1 is 1.24 bits per heavy atom. The topological polar surface area (TPSA) is 32.7 Å².